The third-order valence-corrected chi connectivity index (χ3v) is 10.3. The number of carboxylic acid groups (broad SMARTS) is 1. The van der Waals surface area contributed by atoms with Gasteiger partial charge in [0.05, 0.1) is 23.8 Å². The van der Waals surface area contributed by atoms with E-state index in [0.29, 0.717) is 48.7 Å². The highest BCUT2D eigenvalue weighted by atomic mass is 32.3. The minimum Gasteiger partial charge on any atom is -0.477 e. The normalized spacial score (nSPS) is 14.0. The predicted molar refractivity (Wildman–Crippen MR) is 210 cm³/mol. The van der Waals surface area contributed by atoms with Gasteiger partial charge in [-0.05, 0) is 61.1 Å². The summed E-state index contributed by atoms with van der Waals surface area (Å²) in [6.45, 7) is 3.73. The van der Waals surface area contributed by atoms with Crippen LogP contribution in [0.1, 0.15) is 28.4 Å². The van der Waals surface area contributed by atoms with Crippen molar-refractivity contribution in [3.63, 3.8) is 0 Å². The number of ether oxygens (including phenoxy) is 1. The molecule has 1 aromatic heterocycles. The van der Waals surface area contributed by atoms with Crippen molar-refractivity contribution >= 4 is 56.2 Å². The van der Waals surface area contributed by atoms with Gasteiger partial charge in [0.2, 0.25) is 17.2 Å². The molecule has 1 atom stereocenters. The smallest absolute Gasteiger partial charge is 0.410 e. The van der Waals surface area contributed by atoms with Crippen LogP contribution in [0.4, 0.5) is 20.6 Å². The fraction of sp³-hybridized carbons (Fsp3) is 0.359. The zero-order valence-corrected chi connectivity index (χ0v) is 31.7. The van der Waals surface area contributed by atoms with Crippen LogP contribution in [0.3, 0.4) is 0 Å². The summed E-state index contributed by atoms with van der Waals surface area (Å²) in [4.78, 5) is 66.1. The second kappa shape index (κ2) is 17.6. The molecule has 1 aliphatic rings. The number of rotatable bonds is 14. The van der Waals surface area contributed by atoms with Gasteiger partial charge in [-0.1, -0.05) is 42.5 Å². The van der Waals surface area contributed by atoms with E-state index in [1.54, 1.807) is 46.7 Å². The summed E-state index contributed by atoms with van der Waals surface area (Å²) in [5.74, 6) is -1.95. The molecule has 0 bridgehead atoms. The maximum Gasteiger partial charge on any atom is 0.410 e. The monoisotopic (exact) mass is 762 g/mol. The molecule has 1 saturated heterocycles. The van der Waals surface area contributed by atoms with Gasteiger partial charge in [0.25, 0.3) is 0 Å². The van der Waals surface area contributed by atoms with Crippen LogP contribution >= 0.6 is 10.0 Å². The first-order chi connectivity index (χ1) is 25.7. The summed E-state index contributed by atoms with van der Waals surface area (Å²) in [6, 6.07) is 18.9. The Morgan fingerprint density at radius 3 is 2.26 bits per heavy atom. The Morgan fingerprint density at radius 2 is 1.63 bits per heavy atom. The molecule has 0 spiro atoms. The number of anilines is 2. The highest BCUT2D eigenvalue weighted by molar-refractivity contribution is 8.32. The zero-order valence-electron chi connectivity index (χ0n) is 30.9. The fourth-order valence-electron chi connectivity index (χ4n) is 6.17. The minimum absolute atomic E-state index is 0.00263. The van der Waals surface area contributed by atoms with E-state index < -0.39 is 44.9 Å². The summed E-state index contributed by atoms with van der Waals surface area (Å²) in [5, 5.41) is 18.3. The third kappa shape index (κ3) is 10.4. The number of pyridine rings is 1. The third-order valence-electron chi connectivity index (χ3n) is 9.00. The first-order valence-electron chi connectivity index (χ1n) is 17.6. The summed E-state index contributed by atoms with van der Waals surface area (Å²) < 4.78 is 22.4. The lowest BCUT2D eigenvalue weighted by Crippen LogP contribution is -2.49. The summed E-state index contributed by atoms with van der Waals surface area (Å²) >= 11 is 0. The minimum atomic E-state index is -1.37. The number of carboxylic acids is 1. The van der Waals surface area contributed by atoms with Crippen molar-refractivity contribution in [1.82, 2.24) is 20.1 Å². The molecule has 15 heteroatoms. The van der Waals surface area contributed by atoms with Crippen molar-refractivity contribution in [3.05, 3.63) is 106 Å². The molecule has 1 aliphatic heterocycles. The van der Waals surface area contributed by atoms with Crippen molar-refractivity contribution in [2.24, 2.45) is 0 Å². The second-order valence-electron chi connectivity index (χ2n) is 14.0. The van der Waals surface area contributed by atoms with Crippen molar-refractivity contribution in [2.75, 3.05) is 67.5 Å². The van der Waals surface area contributed by atoms with Gasteiger partial charge in [0.1, 0.15) is 18.0 Å². The molecule has 54 heavy (non-hydrogen) atoms. The molecule has 3 aromatic carbocycles. The van der Waals surface area contributed by atoms with Gasteiger partial charge in [-0.15, -0.1) is 0 Å². The average Bonchev–Trinajstić information content (AvgIpc) is 3.15. The van der Waals surface area contributed by atoms with Gasteiger partial charge < -0.3 is 40.2 Å². The Labute approximate surface area is 314 Å². The van der Waals surface area contributed by atoms with Crippen molar-refractivity contribution < 1.29 is 33.4 Å². The summed E-state index contributed by atoms with van der Waals surface area (Å²) in [7, 11) is -1.00. The van der Waals surface area contributed by atoms with Gasteiger partial charge in [-0.25, -0.2) is 24.0 Å². The second-order valence-corrected chi connectivity index (χ2v) is 18.5. The quantitative estimate of drug-likeness (QED) is 0.147. The first-order valence-corrected chi connectivity index (χ1v) is 20.6. The molecule has 0 saturated carbocycles. The zero-order chi connectivity index (χ0) is 39.0. The van der Waals surface area contributed by atoms with Gasteiger partial charge in [0.15, 0.2) is 0 Å². The lowest BCUT2D eigenvalue weighted by molar-refractivity contribution is -0.125. The fourth-order valence-corrected chi connectivity index (χ4v) is 7.44. The van der Waals surface area contributed by atoms with Crippen LogP contribution in [-0.4, -0.2) is 102 Å². The number of nitrogens with zero attached hydrogens (tertiary/aromatic N) is 3. The summed E-state index contributed by atoms with van der Waals surface area (Å²) in [6.07, 6.45) is 7.18. The molecule has 4 aromatic rings. The number of benzene rings is 3. The Kier molecular flexibility index (Phi) is 13.0. The first kappa shape index (κ1) is 39.8. The van der Waals surface area contributed by atoms with Crippen molar-refractivity contribution in [3.8, 4) is 0 Å². The molecule has 0 unspecified atom stereocenters. The van der Waals surface area contributed by atoms with Crippen LogP contribution in [0.5, 0.6) is 0 Å². The van der Waals surface area contributed by atoms with E-state index in [1.165, 1.54) is 11.1 Å². The van der Waals surface area contributed by atoms with E-state index in [0.717, 1.165) is 11.6 Å². The molecular formula is C39H47FN6O7S. The van der Waals surface area contributed by atoms with Gasteiger partial charge in [-0.2, -0.15) is 0 Å². The number of aromatic nitrogens is 1. The van der Waals surface area contributed by atoms with E-state index >= 15 is 4.39 Å². The van der Waals surface area contributed by atoms with Crippen molar-refractivity contribution in [2.45, 2.75) is 32.7 Å². The number of piperazine rings is 1. The number of aromatic carboxylic acids is 1. The summed E-state index contributed by atoms with van der Waals surface area (Å²) in [5.41, 5.74) is 1.83. The van der Waals surface area contributed by atoms with Gasteiger partial charge in [-0.3, -0.25) is 14.4 Å². The Bertz CT molecular complexity index is 2050. The van der Waals surface area contributed by atoms with E-state index in [4.69, 9.17) is 4.74 Å². The number of nitrogens with one attached hydrogen (secondary N) is 3. The number of carbonyl (C=O) groups excluding carboxylic acids is 3. The predicted octanol–water partition coefficient (Wildman–Crippen LogP) is 4.22. The molecule has 2 heterocycles. The molecule has 1 fully saturated rings. The molecule has 3 amide bonds. The maximum atomic E-state index is 15.3. The lowest BCUT2D eigenvalue weighted by atomic mass is 10.1. The lowest BCUT2D eigenvalue weighted by Gasteiger charge is -2.35. The highest BCUT2D eigenvalue weighted by Gasteiger charge is 2.26. The van der Waals surface area contributed by atoms with Crippen molar-refractivity contribution in [1.29, 1.82) is 0 Å². The van der Waals surface area contributed by atoms with Crippen LogP contribution < -0.4 is 26.3 Å². The van der Waals surface area contributed by atoms with E-state index in [9.17, 15) is 29.1 Å². The van der Waals surface area contributed by atoms with Gasteiger partial charge in [0, 0.05) is 62.3 Å². The molecule has 4 N–H and O–H groups in total. The number of fused-ring (bicyclic) bond motifs is 1. The molecule has 288 valence electrons. The maximum absolute atomic E-state index is 15.3. The number of amides is 3. The van der Waals surface area contributed by atoms with Crippen LogP contribution in [0, 0.1) is 5.82 Å². The average molecular weight is 763 g/mol. The van der Waals surface area contributed by atoms with Crippen LogP contribution in [0.2, 0.25) is 0 Å². The van der Waals surface area contributed by atoms with Gasteiger partial charge >= 0.3 is 12.1 Å². The largest absolute Gasteiger partial charge is 0.477 e. The number of halogens is 1. The Hall–Kier alpha value is -5.41. The molecule has 13 nitrogen and oxygen atoms in total. The Balaban J connectivity index is 1.08. The van der Waals surface area contributed by atoms with Crippen LogP contribution in [0.15, 0.2) is 77.7 Å². The number of hydrogen-bond donors (Lipinski definition) is 4. The SMILES string of the molecule is CCn1cc(C(=O)O)c(=O)c2cc(F)c(N3CCN(C(=O)OCc4ccc(NC(=O)CNC(=O)[C@H](CS(C)(C)C)NCc5ccccc5)cc4)CC3)cc21. The Morgan fingerprint density at radius 1 is 0.944 bits per heavy atom. The molecule has 0 aliphatic carbocycles. The molecule has 5 rings (SSSR count). The molecular weight excluding hydrogens is 716 g/mol. The number of carbonyl (C=O) groups is 4. The van der Waals surface area contributed by atoms with E-state index in [2.05, 4.69) is 34.7 Å². The molecule has 0 radical (unpaired) electrons. The van der Waals surface area contributed by atoms with Crippen LogP contribution in [0.25, 0.3) is 10.9 Å². The van der Waals surface area contributed by atoms with Crippen LogP contribution in [-0.2, 0) is 34.0 Å². The number of hydrogen-bond acceptors (Lipinski definition) is 8. The topological polar surface area (TPSA) is 162 Å². The van der Waals surface area contributed by atoms with E-state index in [-0.39, 0.29) is 49.1 Å². The number of aryl methyl sites for hydroxylation is 1. The standard InChI is InChI=1S/C39H47FN6O7S/c1-5-44-23-30(38(50)51)36(48)29-19-31(40)34(20-33(29)44)45-15-17-46(18-16-45)39(52)53-24-27-11-13-28(14-12-27)43-35(47)22-42-37(49)32(25-54(2,3)4)41-21-26-9-7-6-8-10-26/h6-14,19-20,23,32,41H,5,15-18,21-22,24-25H2,1-4H3,(H,42,49)(H,43,47)(H,50,51)/t32-/m0/s1. The highest BCUT2D eigenvalue weighted by Crippen LogP contribution is 2.35. The van der Waals surface area contributed by atoms with E-state index in [1.807, 2.05) is 30.3 Å².